The second kappa shape index (κ2) is 10.1. The van der Waals surface area contributed by atoms with Crippen molar-refractivity contribution in [3.63, 3.8) is 0 Å². The molecule has 3 heterocycles. The van der Waals surface area contributed by atoms with Crippen LogP contribution in [0.15, 0.2) is 77.9 Å². The minimum atomic E-state index is -0.846. The van der Waals surface area contributed by atoms with Gasteiger partial charge in [0.25, 0.3) is 5.56 Å². The van der Waals surface area contributed by atoms with Crippen molar-refractivity contribution in [2.45, 2.75) is 44.3 Å². The zero-order chi connectivity index (χ0) is 26.9. The zero-order valence-electron chi connectivity index (χ0n) is 21.3. The number of H-pyrrole nitrogens is 1. The van der Waals surface area contributed by atoms with Crippen LogP contribution in [0.25, 0.3) is 0 Å². The number of likely N-dealkylation sites (tertiary alicyclic amines) is 1. The van der Waals surface area contributed by atoms with E-state index in [1.165, 1.54) is 18.2 Å². The van der Waals surface area contributed by atoms with Crippen molar-refractivity contribution in [2.24, 2.45) is 0 Å². The third-order valence-electron chi connectivity index (χ3n) is 7.31. The van der Waals surface area contributed by atoms with Crippen molar-refractivity contribution in [1.29, 1.82) is 0 Å². The standard InChI is InChI=1S/C28H30FN7O2/c1-18-15-28(36-13-11-26(38)34-36,21-6-8-22(29)9-7-21)24(17-35(18)19(2)37)25-10-12-31-27(33-25)32-16-20-4-3-5-23(30)14-20/h3-14,18,24H,15-17,30H2,1-2H3,(H,34,38)(H,31,32,33). The number of rotatable bonds is 6. The summed E-state index contributed by atoms with van der Waals surface area (Å²) in [6.07, 6.45) is 3.85. The first-order valence-electron chi connectivity index (χ1n) is 12.5. The predicted octanol–water partition coefficient (Wildman–Crippen LogP) is 3.47. The van der Waals surface area contributed by atoms with Crippen molar-refractivity contribution >= 4 is 17.5 Å². The highest BCUT2D eigenvalue weighted by Gasteiger charge is 2.50. The van der Waals surface area contributed by atoms with Gasteiger partial charge in [-0.15, -0.1) is 0 Å². The lowest BCUT2D eigenvalue weighted by atomic mass is 9.69. The first kappa shape index (κ1) is 25.2. The summed E-state index contributed by atoms with van der Waals surface area (Å²) in [5, 5.41) is 6.18. The number of aromatic nitrogens is 4. The normalized spacial score (nSPS) is 21.3. The topological polar surface area (TPSA) is 122 Å². The number of nitrogens with two attached hydrogens (primary N) is 1. The maximum Gasteiger partial charge on any atom is 0.264 e. The van der Waals surface area contributed by atoms with Gasteiger partial charge in [0, 0.05) is 56.1 Å². The number of aromatic amines is 1. The van der Waals surface area contributed by atoms with Gasteiger partial charge >= 0.3 is 0 Å². The second-order valence-corrected chi connectivity index (χ2v) is 9.77. The van der Waals surface area contributed by atoms with E-state index in [1.54, 1.807) is 36.1 Å². The van der Waals surface area contributed by atoms with Crippen molar-refractivity contribution in [1.82, 2.24) is 24.6 Å². The molecule has 1 fully saturated rings. The monoisotopic (exact) mass is 515 g/mol. The van der Waals surface area contributed by atoms with Crippen molar-refractivity contribution < 1.29 is 9.18 Å². The van der Waals surface area contributed by atoms with E-state index >= 15 is 0 Å². The Morgan fingerprint density at radius 2 is 2.00 bits per heavy atom. The van der Waals surface area contributed by atoms with Crippen molar-refractivity contribution in [2.75, 3.05) is 17.6 Å². The van der Waals surface area contributed by atoms with Crippen LogP contribution in [0, 0.1) is 5.82 Å². The Morgan fingerprint density at radius 3 is 2.68 bits per heavy atom. The summed E-state index contributed by atoms with van der Waals surface area (Å²) < 4.78 is 15.8. The number of carbonyl (C=O) groups excluding carboxylic acids is 1. The van der Waals surface area contributed by atoms with Gasteiger partial charge in [-0.05, 0) is 54.8 Å². The Morgan fingerprint density at radius 1 is 1.21 bits per heavy atom. The Hall–Kier alpha value is -4.47. The molecule has 1 aliphatic heterocycles. The molecule has 0 aliphatic carbocycles. The van der Waals surface area contributed by atoms with Crippen molar-refractivity contribution in [3.05, 3.63) is 106 Å². The molecule has 0 radical (unpaired) electrons. The number of nitrogen functional groups attached to an aromatic ring is 1. The van der Waals surface area contributed by atoms with Crippen LogP contribution in [0.2, 0.25) is 0 Å². The maximum absolute atomic E-state index is 14.0. The maximum atomic E-state index is 14.0. The fraction of sp³-hybridized carbons (Fsp3) is 0.286. The Balaban J connectivity index is 1.61. The smallest absolute Gasteiger partial charge is 0.264 e. The number of nitrogens with one attached hydrogen (secondary N) is 2. The molecule has 0 spiro atoms. The molecule has 4 N–H and O–H groups in total. The van der Waals surface area contributed by atoms with Crippen LogP contribution in [0.4, 0.5) is 16.0 Å². The number of piperidine rings is 1. The van der Waals surface area contributed by atoms with Crippen LogP contribution < -0.4 is 16.6 Å². The third-order valence-corrected chi connectivity index (χ3v) is 7.31. The highest BCUT2D eigenvalue weighted by molar-refractivity contribution is 5.74. The Labute approximate surface area is 219 Å². The zero-order valence-corrected chi connectivity index (χ0v) is 21.3. The van der Waals surface area contributed by atoms with Gasteiger partial charge in [0.15, 0.2) is 0 Å². The summed E-state index contributed by atoms with van der Waals surface area (Å²) in [7, 11) is 0. The molecule has 4 aromatic rings. The summed E-state index contributed by atoms with van der Waals surface area (Å²) >= 11 is 0. The lowest BCUT2D eigenvalue weighted by Gasteiger charge is -2.51. The van der Waals surface area contributed by atoms with Gasteiger partial charge in [0.2, 0.25) is 11.9 Å². The lowest BCUT2D eigenvalue weighted by Crippen LogP contribution is -2.57. The van der Waals surface area contributed by atoms with E-state index in [0.29, 0.717) is 36.8 Å². The lowest BCUT2D eigenvalue weighted by molar-refractivity contribution is -0.134. The molecular formula is C28H30FN7O2. The molecule has 3 atom stereocenters. The van der Waals surface area contributed by atoms with E-state index in [1.807, 2.05) is 42.2 Å². The second-order valence-electron chi connectivity index (χ2n) is 9.77. The molecule has 10 heteroatoms. The van der Waals surface area contributed by atoms with Gasteiger partial charge < -0.3 is 16.0 Å². The molecule has 1 aliphatic rings. The van der Waals surface area contributed by atoms with E-state index in [9.17, 15) is 14.0 Å². The molecule has 5 rings (SSSR count). The fourth-order valence-electron chi connectivity index (χ4n) is 5.57. The van der Waals surface area contributed by atoms with Gasteiger partial charge in [-0.2, -0.15) is 0 Å². The molecule has 2 aromatic carbocycles. The van der Waals surface area contributed by atoms with Crippen LogP contribution in [-0.2, 0) is 16.9 Å². The number of benzene rings is 2. The van der Waals surface area contributed by atoms with Gasteiger partial charge in [0.1, 0.15) is 5.82 Å². The number of hydrogen-bond donors (Lipinski definition) is 3. The average molecular weight is 516 g/mol. The molecule has 1 saturated heterocycles. The van der Waals surface area contributed by atoms with Crippen LogP contribution in [-0.4, -0.2) is 43.1 Å². The van der Waals surface area contributed by atoms with E-state index in [2.05, 4.69) is 15.4 Å². The molecular weight excluding hydrogens is 485 g/mol. The number of amides is 1. The minimum Gasteiger partial charge on any atom is -0.399 e. The van der Waals surface area contributed by atoms with Crippen LogP contribution in [0.1, 0.15) is 43.0 Å². The first-order valence-corrected chi connectivity index (χ1v) is 12.5. The molecule has 2 aromatic heterocycles. The van der Waals surface area contributed by atoms with E-state index in [0.717, 1.165) is 11.1 Å². The van der Waals surface area contributed by atoms with E-state index in [4.69, 9.17) is 10.7 Å². The number of hydrogen-bond acceptors (Lipinski definition) is 6. The number of carbonyl (C=O) groups is 1. The first-order chi connectivity index (χ1) is 18.3. The molecule has 0 saturated carbocycles. The molecule has 196 valence electrons. The van der Waals surface area contributed by atoms with Gasteiger partial charge in [-0.3, -0.25) is 19.4 Å². The summed E-state index contributed by atoms with van der Waals surface area (Å²) in [6.45, 7) is 4.36. The SMILES string of the molecule is CC(=O)N1CC(c2ccnc(NCc3cccc(N)c3)n2)C(c2ccc(F)cc2)(n2ccc(=O)[nH]2)CC1C. The third kappa shape index (κ3) is 4.77. The fourth-order valence-corrected chi connectivity index (χ4v) is 5.57. The predicted molar refractivity (Wildman–Crippen MR) is 143 cm³/mol. The van der Waals surface area contributed by atoms with Gasteiger partial charge in [-0.25, -0.2) is 14.4 Å². The summed E-state index contributed by atoms with van der Waals surface area (Å²) in [4.78, 5) is 36.0. The van der Waals surface area contributed by atoms with Crippen LogP contribution >= 0.6 is 0 Å². The van der Waals surface area contributed by atoms with E-state index < -0.39 is 5.54 Å². The number of nitrogens with zero attached hydrogens (tertiary/aromatic N) is 4. The molecule has 0 bridgehead atoms. The van der Waals surface area contributed by atoms with Crippen molar-refractivity contribution in [3.8, 4) is 0 Å². The number of anilines is 2. The number of halogens is 1. The summed E-state index contributed by atoms with van der Waals surface area (Å²) in [5.74, 6) is -0.366. The van der Waals surface area contributed by atoms with E-state index in [-0.39, 0.29) is 29.2 Å². The Kier molecular flexibility index (Phi) is 6.71. The quantitative estimate of drug-likeness (QED) is 0.338. The molecule has 1 amide bonds. The average Bonchev–Trinajstić information content (AvgIpc) is 3.34. The minimum absolute atomic E-state index is 0.0507. The molecule has 3 unspecified atom stereocenters. The highest BCUT2D eigenvalue weighted by Crippen LogP contribution is 2.47. The van der Waals surface area contributed by atoms with Crippen LogP contribution in [0.3, 0.4) is 0 Å². The summed E-state index contributed by atoms with van der Waals surface area (Å²) in [6, 6.07) is 17.0. The largest absolute Gasteiger partial charge is 0.399 e. The summed E-state index contributed by atoms with van der Waals surface area (Å²) in [5.41, 5.74) is 7.96. The van der Waals surface area contributed by atoms with Gasteiger partial charge in [0.05, 0.1) is 11.2 Å². The highest BCUT2D eigenvalue weighted by atomic mass is 19.1. The Bertz CT molecular complexity index is 1500. The van der Waals surface area contributed by atoms with Crippen LogP contribution in [0.5, 0.6) is 0 Å². The molecule has 38 heavy (non-hydrogen) atoms. The molecule has 9 nitrogen and oxygen atoms in total. The van der Waals surface area contributed by atoms with Gasteiger partial charge in [-0.1, -0.05) is 24.3 Å².